The topological polar surface area (TPSA) is 34.1 Å². The van der Waals surface area contributed by atoms with Crippen molar-refractivity contribution >= 4 is 22.1 Å². The van der Waals surface area contributed by atoms with Crippen LogP contribution in [0.3, 0.4) is 0 Å². The van der Waals surface area contributed by atoms with E-state index in [0.29, 0.717) is 0 Å². The van der Waals surface area contributed by atoms with Gasteiger partial charge in [-0.25, -0.2) is 0 Å². The molecule has 0 spiro atoms. The van der Waals surface area contributed by atoms with Crippen LogP contribution < -0.4 is 9.47 Å². The fourth-order valence-corrected chi connectivity index (χ4v) is 1.70. The highest BCUT2D eigenvalue weighted by Crippen LogP contribution is 2.35. The Morgan fingerprint density at radius 3 is 2.06 bits per heavy atom. The van der Waals surface area contributed by atoms with Crippen LogP contribution in [-0.2, 0) is 0 Å². The SMILES string of the molecule is COc1cc(/C=N/N(C)C)cc(OC)c1Br. The number of rotatable bonds is 4. The largest absolute Gasteiger partial charge is 0.495 e. The fraction of sp³-hybridized carbons (Fsp3) is 0.364. The number of ether oxygens (including phenoxy) is 2. The van der Waals surface area contributed by atoms with Crippen molar-refractivity contribution in [3.8, 4) is 11.5 Å². The van der Waals surface area contributed by atoms with Gasteiger partial charge >= 0.3 is 0 Å². The van der Waals surface area contributed by atoms with Gasteiger partial charge in [0.2, 0.25) is 0 Å². The smallest absolute Gasteiger partial charge is 0.137 e. The number of hydrogen-bond donors (Lipinski definition) is 0. The third kappa shape index (κ3) is 3.13. The van der Waals surface area contributed by atoms with E-state index >= 15 is 0 Å². The Balaban J connectivity index is 3.12. The predicted molar refractivity (Wildman–Crippen MR) is 68.5 cm³/mol. The minimum atomic E-state index is 0.722. The lowest BCUT2D eigenvalue weighted by molar-refractivity contribution is 0.389. The number of benzene rings is 1. The maximum Gasteiger partial charge on any atom is 0.137 e. The van der Waals surface area contributed by atoms with E-state index in [1.54, 1.807) is 25.4 Å². The lowest BCUT2D eigenvalue weighted by Crippen LogP contribution is -2.02. The second-order valence-corrected chi connectivity index (χ2v) is 4.12. The summed E-state index contributed by atoms with van der Waals surface area (Å²) in [5.41, 5.74) is 0.922. The zero-order valence-electron chi connectivity index (χ0n) is 9.82. The molecule has 0 saturated heterocycles. The maximum atomic E-state index is 5.23. The van der Waals surface area contributed by atoms with Crippen molar-refractivity contribution in [2.75, 3.05) is 28.3 Å². The van der Waals surface area contributed by atoms with Crippen molar-refractivity contribution < 1.29 is 9.47 Å². The van der Waals surface area contributed by atoms with Crippen LogP contribution in [0.4, 0.5) is 0 Å². The molecule has 0 unspecified atom stereocenters. The molecular formula is C11H15BrN2O2. The van der Waals surface area contributed by atoms with Crippen LogP contribution in [0.1, 0.15) is 5.56 Å². The Morgan fingerprint density at radius 1 is 1.19 bits per heavy atom. The molecule has 0 aliphatic carbocycles. The Labute approximate surface area is 104 Å². The van der Waals surface area contributed by atoms with Gasteiger partial charge in [-0.1, -0.05) is 0 Å². The molecule has 0 saturated carbocycles. The summed E-state index contributed by atoms with van der Waals surface area (Å²) in [4.78, 5) is 0. The van der Waals surface area contributed by atoms with Gasteiger partial charge in [-0.15, -0.1) is 0 Å². The lowest BCUT2D eigenvalue weighted by Gasteiger charge is -2.10. The van der Waals surface area contributed by atoms with Crippen molar-refractivity contribution in [2.45, 2.75) is 0 Å². The molecule has 0 aliphatic rings. The van der Waals surface area contributed by atoms with Crippen molar-refractivity contribution in [1.82, 2.24) is 5.01 Å². The summed E-state index contributed by atoms with van der Waals surface area (Å²) < 4.78 is 11.3. The average molecular weight is 287 g/mol. The first-order chi connectivity index (χ1) is 7.58. The average Bonchev–Trinajstić information content (AvgIpc) is 2.27. The highest BCUT2D eigenvalue weighted by molar-refractivity contribution is 9.10. The standard InChI is InChI=1S/C11H15BrN2O2/c1-14(2)13-7-8-5-9(15-3)11(12)10(6-8)16-4/h5-7H,1-4H3/b13-7+. The molecule has 0 N–H and O–H groups in total. The van der Waals surface area contributed by atoms with Gasteiger partial charge in [-0.05, 0) is 28.1 Å². The van der Waals surface area contributed by atoms with Gasteiger partial charge in [0.25, 0.3) is 0 Å². The maximum absolute atomic E-state index is 5.23. The molecule has 0 amide bonds. The molecule has 16 heavy (non-hydrogen) atoms. The van der Waals surface area contributed by atoms with E-state index in [1.165, 1.54) is 0 Å². The summed E-state index contributed by atoms with van der Waals surface area (Å²) in [6.07, 6.45) is 1.75. The van der Waals surface area contributed by atoms with Crippen molar-refractivity contribution in [3.63, 3.8) is 0 Å². The van der Waals surface area contributed by atoms with Crippen LogP contribution in [0, 0.1) is 0 Å². The van der Waals surface area contributed by atoms with Gasteiger partial charge in [0.1, 0.15) is 16.0 Å². The van der Waals surface area contributed by atoms with Crippen molar-refractivity contribution in [1.29, 1.82) is 0 Å². The number of nitrogens with zero attached hydrogens (tertiary/aromatic N) is 2. The third-order valence-corrected chi connectivity index (χ3v) is 2.69. The van der Waals surface area contributed by atoms with E-state index in [2.05, 4.69) is 21.0 Å². The van der Waals surface area contributed by atoms with Gasteiger partial charge in [-0.2, -0.15) is 5.10 Å². The van der Waals surface area contributed by atoms with E-state index in [0.717, 1.165) is 21.5 Å². The number of halogens is 1. The molecule has 0 fully saturated rings. The van der Waals surface area contributed by atoms with Crippen molar-refractivity contribution in [2.24, 2.45) is 5.10 Å². The first-order valence-corrected chi connectivity index (χ1v) is 5.50. The van der Waals surface area contributed by atoms with E-state index < -0.39 is 0 Å². The van der Waals surface area contributed by atoms with Gasteiger partial charge in [-0.3, -0.25) is 0 Å². The quantitative estimate of drug-likeness (QED) is 0.630. The van der Waals surface area contributed by atoms with Gasteiger partial charge in [0.15, 0.2) is 0 Å². The summed E-state index contributed by atoms with van der Waals surface area (Å²) in [6.45, 7) is 0. The molecular weight excluding hydrogens is 272 g/mol. The van der Waals surface area contributed by atoms with E-state index in [-0.39, 0.29) is 0 Å². The first-order valence-electron chi connectivity index (χ1n) is 4.71. The zero-order valence-corrected chi connectivity index (χ0v) is 11.4. The Hall–Kier alpha value is -1.23. The Morgan fingerprint density at radius 2 is 1.69 bits per heavy atom. The molecule has 5 heteroatoms. The second kappa shape index (κ2) is 5.75. The molecule has 4 nitrogen and oxygen atoms in total. The van der Waals surface area contributed by atoms with Crippen molar-refractivity contribution in [3.05, 3.63) is 22.2 Å². The summed E-state index contributed by atoms with van der Waals surface area (Å²) >= 11 is 3.41. The first kappa shape index (κ1) is 12.8. The van der Waals surface area contributed by atoms with Crippen LogP contribution >= 0.6 is 15.9 Å². The van der Waals surface area contributed by atoms with Gasteiger partial charge in [0, 0.05) is 19.7 Å². The van der Waals surface area contributed by atoms with E-state index in [1.807, 2.05) is 26.2 Å². The normalized spacial score (nSPS) is 10.6. The van der Waals surface area contributed by atoms with Crippen LogP contribution in [0.2, 0.25) is 0 Å². The fourth-order valence-electron chi connectivity index (χ4n) is 1.15. The number of hydrazone groups is 1. The monoisotopic (exact) mass is 286 g/mol. The summed E-state index contributed by atoms with van der Waals surface area (Å²) in [5, 5.41) is 5.88. The van der Waals surface area contributed by atoms with Crippen LogP contribution in [0.15, 0.2) is 21.7 Å². The zero-order chi connectivity index (χ0) is 12.1. The predicted octanol–water partition coefficient (Wildman–Crippen LogP) is 2.36. The molecule has 88 valence electrons. The summed E-state index contributed by atoms with van der Waals surface area (Å²) in [6, 6.07) is 3.78. The summed E-state index contributed by atoms with van der Waals surface area (Å²) in [7, 11) is 6.96. The molecule has 1 rings (SSSR count). The molecule has 1 aromatic rings. The Kier molecular flexibility index (Phi) is 4.61. The van der Waals surface area contributed by atoms with E-state index in [9.17, 15) is 0 Å². The van der Waals surface area contributed by atoms with Crippen LogP contribution in [-0.4, -0.2) is 39.5 Å². The Bertz CT molecular complexity index is 367. The molecule has 0 heterocycles. The third-order valence-electron chi connectivity index (χ3n) is 1.91. The number of methoxy groups -OCH3 is 2. The van der Waals surface area contributed by atoms with Crippen LogP contribution in [0.5, 0.6) is 11.5 Å². The molecule has 0 radical (unpaired) electrons. The lowest BCUT2D eigenvalue weighted by atomic mass is 10.2. The molecule has 0 aromatic heterocycles. The number of hydrogen-bond acceptors (Lipinski definition) is 4. The van der Waals surface area contributed by atoms with E-state index in [4.69, 9.17) is 9.47 Å². The minimum absolute atomic E-state index is 0.722. The van der Waals surface area contributed by atoms with Crippen LogP contribution in [0.25, 0.3) is 0 Å². The van der Waals surface area contributed by atoms with Gasteiger partial charge in [0.05, 0.1) is 20.4 Å². The minimum Gasteiger partial charge on any atom is -0.495 e. The molecule has 1 aromatic carbocycles. The molecule has 0 aliphatic heterocycles. The molecule has 0 atom stereocenters. The second-order valence-electron chi connectivity index (χ2n) is 3.33. The van der Waals surface area contributed by atoms with Gasteiger partial charge < -0.3 is 14.5 Å². The molecule has 0 bridgehead atoms. The summed E-state index contributed by atoms with van der Waals surface area (Å²) in [5.74, 6) is 1.44. The highest BCUT2D eigenvalue weighted by atomic mass is 79.9. The highest BCUT2D eigenvalue weighted by Gasteiger charge is 2.08.